The minimum Gasteiger partial charge on any atom is -0.488 e. The molecule has 0 spiro atoms. The first-order valence-electron chi connectivity index (χ1n) is 5.51. The zero-order chi connectivity index (χ0) is 13.8. The van der Waals surface area contributed by atoms with Crippen LogP contribution in [0.2, 0.25) is 0 Å². The zero-order valence-electron chi connectivity index (χ0n) is 9.80. The fourth-order valence-electron chi connectivity index (χ4n) is 1.54. The van der Waals surface area contributed by atoms with Crippen LogP contribution in [0.15, 0.2) is 40.9 Å². The van der Waals surface area contributed by atoms with Gasteiger partial charge in [0.15, 0.2) is 0 Å². The number of hydrogen-bond donors (Lipinski definition) is 0. The predicted molar refractivity (Wildman–Crippen MR) is 77.5 cm³/mol. The lowest BCUT2D eigenvalue weighted by Crippen LogP contribution is -1.99. The van der Waals surface area contributed by atoms with Crippen molar-refractivity contribution in [3.05, 3.63) is 63.6 Å². The first kappa shape index (κ1) is 14.5. The van der Waals surface area contributed by atoms with Crippen LogP contribution in [0.3, 0.4) is 0 Å². The number of halogens is 4. The molecule has 0 radical (unpaired) electrons. The summed E-state index contributed by atoms with van der Waals surface area (Å²) in [4.78, 5) is 0. The van der Waals surface area contributed by atoms with E-state index in [1.54, 1.807) is 0 Å². The van der Waals surface area contributed by atoms with Crippen molar-refractivity contribution in [3.8, 4) is 5.75 Å². The fraction of sp³-hybridized carbons (Fsp3) is 0.143. The van der Waals surface area contributed by atoms with Crippen LogP contribution in [0.25, 0.3) is 0 Å². The van der Waals surface area contributed by atoms with E-state index in [-0.39, 0.29) is 6.61 Å². The van der Waals surface area contributed by atoms with Crippen molar-refractivity contribution >= 4 is 31.9 Å². The quantitative estimate of drug-likeness (QED) is 0.650. The molecule has 0 saturated carbocycles. The monoisotopic (exact) mass is 390 g/mol. The Morgan fingerprint density at radius 3 is 2.47 bits per heavy atom. The van der Waals surface area contributed by atoms with Gasteiger partial charge in [0.25, 0.3) is 0 Å². The molecular formula is C14H10Br2F2O. The van der Waals surface area contributed by atoms with Gasteiger partial charge in [-0.25, -0.2) is 8.78 Å². The SMILES string of the molecule is Fc1ccc(COc2ccc(CBr)cc2Br)c(F)c1. The van der Waals surface area contributed by atoms with Crippen molar-refractivity contribution in [2.75, 3.05) is 0 Å². The van der Waals surface area contributed by atoms with Gasteiger partial charge in [0, 0.05) is 17.0 Å². The van der Waals surface area contributed by atoms with Crippen LogP contribution in [-0.4, -0.2) is 0 Å². The second-order valence-corrected chi connectivity index (χ2v) is 5.34. The van der Waals surface area contributed by atoms with Crippen LogP contribution in [-0.2, 0) is 11.9 Å². The maximum atomic E-state index is 13.4. The molecule has 5 heteroatoms. The third kappa shape index (κ3) is 3.76. The maximum absolute atomic E-state index is 13.4. The van der Waals surface area contributed by atoms with Crippen LogP contribution in [0.1, 0.15) is 11.1 Å². The van der Waals surface area contributed by atoms with E-state index in [0.717, 1.165) is 21.4 Å². The van der Waals surface area contributed by atoms with Gasteiger partial charge >= 0.3 is 0 Å². The Morgan fingerprint density at radius 1 is 1.05 bits per heavy atom. The van der Waals surface area contributed by atoms with Gasteiger partial charge < -0.3 is 4.74 Å². The van der Waals surface area contributed by atoms with Crippen molar-refractivity contribution in [2.45, 2.75) is 11.9 Å². The molecule has 2 rings (SSSR count). The normalized spacial score (nSPS) is 10.5. The van der Waals surface area contributed by atoms with Gasteiger partial charge in [-0.3, -0.25) is 0 Å². The molecule has 0 saturated heterocycles. The van der Waals surface area contributed by atoms with E-state index in [4.69, 9.17) is 4.74 Å². The number of ether oxygens (including phenoxy) is 1. The Hall–Kier alpha value is -0.940. The van der Waals surface area contributed by atoms with Crippen molar-refractivity contribution in [1.82, 2.24) is 0 Å². The van der Waals surface area contributed by atoms with E-state index in [1.807, 2.05) is 18.2 Å². The number of benzene rings is 2. The molecule has 0 N–H and O–H groups in total. The Morgan fingerprint density at radius 2 is 1.84 bits per heavy atom. The van der Waals surface area contributed by atoms with Crippen molar-refractivity contribution < 1.29 is 13.5 Å². The fourth-order valence-corrected chi connectivity index (χ4v) is 2.43. The van der Waals surface area contributed by atoms with Gasteiger partial charge in [-0.15, -0.1) is 0 Å². The van der Waals surface area contributed by atoms with Gasteiger partial charge in [0.1, 0.15) is 24.0 Å². The maximum Gasteiger partial charge on any atom is 0.134 e. The van der Waals surface area contributed by atoms with Crippen LogP contribution in [0.4, 0.5) is 8.78 Å². The highest BCUT2D eigenvalue weighted by Crippen LogP contribution is 2.27. The van der Waals surface area contributed by atoms with Crippen molar-refractivity contribution in [3.63, 3.8) is 0 Å². The summed E-state index contributed by atoms with van der Waals surface area (Å²) in [5.41, 5.74) is 1.42. The van der Waals surface area contributed by atoms with E-state index in [0.29, 0.717) is 11.3 Å². The van der Waals surface area contributed by atoms with Gasteiger partial charge in [-0.2, -0.15) is 0 Å². The van der Waals surface area contributed by atoms with Crippen LogP contribution in [0.5, 0.6) is 5.75 Å². The number of rotatable bonds is 4. The van der Waals surface area contributed by atoms with Gasteiger partial charge in [-0.05, 0) is 45.8 Å². The molecular weight excluding hydrogens is 382 g/mol. The molecule has 0 aliphatic heterocycles. The summed E-state index contributed by atoms with van der Waals surface area (Å²) < 4.78 is 32.5. The molecule has 2 aromatic carbocycles. The van der Waals surface area contributed by atoms with E-state index < -0.39 is 11.6 Å². The molecule has 0 aliphatic carbocycles. The standard InChI is InChI=1S/C14H10Br2F2O/c15-7-9-1-4-14(12(16)5-9)19-8-10-2-3-11(17)6-13(10)18/h1-6H,7-8H2. The minimum absolute atomic E-state index is 0.0539. The summed E-state index contributed by atoms with van der Waals surface area (Å²) in [5, 5.41) is 0.748. The second-order valence-electron chi connectivity index (χ2n) is 3.92. The highest BCUT2D eigenvalue weighted by Gasteiger charge is 2.07. The highest BCUT2D eigenvalue weighted by atomic mass is 79.9. The first-order valence-corrected chi connectivity index (χ1v) is 7.42. The Labute approximate surface area is 126 Å². The van der Waals surface area contributed by atoms with E-state index in [2.05, 4.69) is 31.9 Å². The lowest BCUT2D eigenvalue weighted by atomic mass is 10.2. The second kappa shape index (κ2) is 6.48. The van der Waals surface area contributed by atoms with Crippen molar-refractivity contribution in [2.24, 2.45) is 0 Å². The summed E-state index contributed by atoms with van der Waals surface area (Å²) in [6.45, 7) is 0.0539. The topological polar surface area (TPSA) is 9.23 Å². The highest BCUT2D eigenvalue weighted by molar-refractivity contribution is 9.10. The summed E-state index contributed by atoms with van der Waals surface area (Å²) in [6, 6.07) is 9.08. The Balaban J connectivity index is 2.10. The van der Waals surface area contributed by atoms with Crippen LogP contribution >= 0.6 is 31.9 Å². The molecule has 0 unspecified atom stereocenters. The summed E-state index contributed by atoms with van der Waals surface area (Å²) in [5.74, 6) is -0.578. The predicted octanol–water partition coefficient (Wildman–Crippen LogP) is 5.20. The molecule has 0 aromatic heterocycles. The van der Waals surface area contributed by atoms with E-state index >= 15 is 0 Å². The first-order chi connectivity index (χ1) is 9.10. The molecule has 2 aromatic rings. The molecule has 0 atom stereocenters. The zero-order valence-corrected chi connectivity index (χ0v) is 13.0. The molecule has 0 amide bonds. The molecule has 1 nitrogen and oxygen atoms in total. The van der Waals surface area contributed by atoms with E-state index in [9.17, 15) is 8.78 Å². The van der Waals surface area contributed by atoms with Crippen LogP contribution < -0.4 is 4.74 Å². The van der Waals surface area contributed by atoms with Gasteiger partial charge in [-0.1, -0.05) is 22.0 Å². The summed E-state index contributed by atoms with van der Waals surface area (Å²) in [7, 11) is 0. The summed E-state index contributed by atoms with van der Waals surface area (Å²) >= 11 is 6.75. The van der Waals surface area contributed by atoms with Crippen molar-refractivity contribution in [1.29, 1.82) is 0 Å². The molecule has 0 fully saturated rings. The molecule has 19 heavy (non-hydrogen) atoms. The smallest absolute Gasteiger partial charge is 0.134 e. The van der Waals surface area contributed by atoms with Gasteiger partial charge in [0.05, 0.1) is 4.47 Å². The molecule has 0 heterocycles. The Bertz CT molecular complexity index is 588. The number of hydrogen-bond acceptors (Lipinski definition) is 1. The van der Waals surface area contributed by atoms with Crippen LogP contribution in [0, 0.1) is 11.6 Å². The summed E-state index contributed by atoms with van der Waals surface area (Å²) in [6.07, 6.45) is 0. The average Bonchev–Trinajstić information content (AvgIpc) is 2.39. The molecule has 100 valence electrons. The third-order valence-corrected chi connectivity index (χ3v) is 3.82. The Kier molecular flexibility index (Phi) is 4.93. The largest absolute Gasteiger partial charge is 0.488 e. The lowest BCUT2D eigenvalue weighted by Gasteiger charge is -2.10. The number of alkyl halides is 1. The van der Waals surface area contributed by atoms with E-state index in [1.165, 1.54) is 12.1 Å². The minimum atomic E-state index is -0.604. The molecule has 0 aliphatic rings. The third-order valence-electron chi connectivity index (χ3n) is 2.55. The van der Waals surface area contributed by atoms with Gasteiger partial charge in [0.2, 0.25) is 0 Å². The lowest BCUT2D eigenvalue weighted by molar-refractivity contribution is 0.297. The molecule has 0 bridgehead atoms. The average molecular weight is 392 g/mol.